The monoisotopic (exact) mass is 442 g/mol. The van der Waals surface area contributed by atoms with Gasteiger partial charge in [0.05, 0.1) is 38.5 Å². The Kier molecular flexibility index (Phi) is 7.82. The van der Waals surface area contributed by atoms with Crippen molar-refractivity contribution in [3.8, 4) is 22.9 Å². The van der Waals surface area contributed by atoms with Gasteiger partial charge in [-0.05, 0) is 65.4 Å². The molecule has 0 aliphatic carbocycles. The number of amides is 1. The molecule has 1 N–H and O–H groups in total. The fraction of sp³-hybridized carbons (Fsp3) is 0.250. The fourth-order valence-electron chi connectivity index (χ4n) is 2.53. The van der Waals surface area contributed by atoms with Crippen LogP contribution in [0.3, 0.4) is 0 Å². The number of hydrazone groups is 1. The number of tetrazole rings is 1. The third-order valence-electron chi connectivity index (χ3n) is 3.98. The lowest BCUT2D eigenvalue weighted by Crippen LogP contribution is -2.20. The predicted molar refractivity (Wildman–Crippen MR) is 116 cm³/mol. The second-order valence-corrected chi connectivity index (χ2v) is 6.94. The quantitative estimate of drug-likeness (QED) is 0.289. The van der Waals surface area contributed by atoms with Crippen molar-refractivity contribution < 1.29 is 19.0 Å². The van der Waals surface area contributed by atoms with E-state index in [0.717, 1.165) is 17.0 Å². The molecule has 162 valence electrons. The zero-order valence-electron chi connectivity index (χ0n) is 17.3. The maximum atomic E-state index is 12.1. The summed E-state index contributed by atoms with van der Waals surface area (Å²) in [7, 11) is 3.16. The van der Waals surface area contributed by atoms with Crippen LogP contribution in [0.5, 0.6) is 17.2 Å². The van der Waals surface area contributed by atoms with Crippen LogP contribution in [-0.2, 0) is 4.79 Å². The molecule has 1 aromatic heterocycles. The minimum atomic E-state index is -0.288. The van der Waals surface area contributed by atoms with Gasteiger partial charge in [-0.2, -0.15) is 9.78 Å². The van der Waals surface area contributed by atoms with Gasteiger partial charge in [0.1, 0.15) is 5.75 Å². The number of thioether (sulfide) groups is 1. The second-order valence-electron chi connectivity index (χ2n) is 6.00. The molecule has 0 saturated carbocycles. The van der Waals surface area contributed by atoms with Gasteiger partial charge in [0.2, 0.25) is 5.16 Å². The molecule has 10 nitrogen and oxygen atoms in total. The first-order valence-corrected chi connectivity index (χ1v) is 10.3. The molecule has 0 saturated heterocycles. The Morgan fingerprint density at radius 2 is 1.97 bits per heavy atom. The van der Waals surface area contributed by atoms with Crippen LogP contribution < -0.4 is 19.6 Å². The van der Waals surface area contributed by atoms with Gasteiger partial charge < -0.3 is 14.2 Å². The van der Waals surface area contributed by atoms with Gasteiger partial charge in [0, 0.05) is 0 Å². The van der Waals surface area contributed by atoms with Crippen LogP contribution in [0.25, 0.3) is 5.69 Å². The van der Waals surface area contributed by atoms with E-state index in [4.69, 9.17) is 14.2 Å². The Bertz CT molecular complexity index is 1040. The first-order valence-electron chi connectivity index (χ1n) is 9.33. The second kappa shape index (κ2) is 11.0. The summed E-state index contributed by atoms with van der Waals surface area (Å²) in [6.45, 7) is 2.44. The molecule has 0 aliphatic heterocycles. The molecule has 11 heteroatoms. The lowest BCUT2D eigenvalue weighted by atomic mass is 10.2. The fourth-order valence-corrected chi connectivity index (χ4v) is 3.22. The van der Waals surface area contributed by atoms with Gasteiger partial charge in [0.15, 0.2) is 11.5 Å². The van der Waals surface area contributed by atoms with Crippen molar-refractivity contribution in [2.45, 2.75) is 12.1 Å². The molecule has 1 amide bonds. The van der Waals surface area contributed by atoms with Gasteiger partial charge in [-0.25, -0.2) is 5.43 Å². The zero-order chi connectivity index (χ0) is 22.1. The largest absolute Gasteiger partial charge is 0.497 e. The molecule has 0 spiro atoms. The van der Waals surface area contributed by atoms with Crippen LogP contribution in [0.4, 0.5) is 0 Å². The highest BCUT2D eigenvalue weighted by Gasteiger charge is 2.11. The average molecular weight is 443 g/mol. The summed E-state index contributed by atoms with van der Waals surface area (Å²) in [5.74, 6) is 1.78. The Labute approximate surface area is 183 Å². The van der Waals surface area contributed by atoms with Gasteiger partial charge in [-0.3, -0.25) is 4.79 Å². The zero-order valence-corrected chi connectivity index (χ0v) is 18.1. The van der Waals surface area contributed by atoms with E-state index >= 15 is 0 Å². The lowest BCUT2D eigenvalue weighted by Gasteiger charge is -2.09. The van der Waals surface area contributed by atoms with Crippen LogP contribution >= 0.6 is 11.8 Å². The summed E-state index contributed by atoms with van der Waals surface area (Å²) in [5, 5.41) is 16.1. The van der Waals surface area contributed by atoms with E-state index in [1.165, 1.54) is 18.0 Å². The van der Waals surface area contributed by atoms with E-state index in [0.29, 0.717) is 23.3 Å². The topological polar surface area (TPSA) is 113 Å². The predicted octanol–water partition coefficient (Wildman–Crippen LogP) is 2.32. The molecule has 3 aromatic rings. The van der Waals surface area contributed by atoms with Gasteiger partial charge in [-0.15, -0.1) is 5.10 Å². The molecular weight excluding hydrogens is 420 g/mol. The van der Waals surface area contributed by atoms with Gasteiger partial charge in [-0.1, -0.05) is 11.8 Å². The Morgan fingerprint density at radius 3 is 2.68 bits per heavy atom. The van der Waals surface area contributed by atoms with E-state index in [9.17, 15) is 4.79 Å². The molecular formula is C20H22N6O4S. The molecule has 3 rings (SSSR count). The molecule has 0 aliphatic rings. The van der Waals surface area contributed by atoms with Crippen molar-refractivity contribution in [3.05, 3.63) is 48.0 Å². The standard InChI is InChI=1S/C20H22N6O4S/c1-4-30-17-10-5-14(11-18(17)29-3)12-21-22-19(27)13-31-20-23-24-25-26(20)15-6-8-16(28-2)9-7-15/h5-12H,4,13H2,1-3H3,(H,22,27)/b21-12+. The van der Waals surface area contributed by atoms with Gasteiger partial charge in [0.25, 0.3) is 5.91 Å². The number of carbonyl (C=O) groups is 1. The number of rotatable bonds is 10. The molecule has 1 heterocycles. The van der Waals surface area contributed by atoms with Crippen molar-refractivity contribution >= 4 is 23.9 Å². The van der Waals surface area contributed by atoms with Crippen molar-refractivity contribution in [2.24, 2.45) is 5.10 Å². The van der Waals surface area contributed by atoms with Crippen LogP contribution in [0.2, 0.25) is 0 Å². The number of nitrogens with zero attached hydrogens (tertiary/aromatic N) is 5. The summed E-state index contributed by atoms with van der Waals surface area (Å²) in [5.41, 5.74) is 4.01. The summed E-state index contributed by atoms with van der Waals surface area (Å²) in [4.78, 5) is 12.1. The van der Waals surface area contributed by atoms with Crippen LogP contribution in [-0.4, -0.2) is 58.9 Å². The Morgan fingerprint density at radius 1 is 1.16 bits per heavy atom. The number of aromatic nitrogens is 4. The number of hydrogen-bond acceptors (Lipinski definition) is 9. The van der Waals surface area contributed by atoms with E-state index in [1.807, 2.05) is 37.3 Å². The molecule has 0 atom stereocenters. The summed E-state index contributed by atoms with van der Waals surface area (Å²) < 4.78 is 17.5. The minimum Gasteiger partial charge on any atom is -0.497 e. The van der Waals surface area contributed by atoms with E-state index in [-0.39, 0.29) is 11.7 Å². The smallest absolute Gasteiger partial charge is 0.250 e. The van der Waals surface area contributed by atoms with Crippen molar-refractivity contribution in [3.63, 3.8) is 0 Å². The molecule has 0 fully saturated rings. The lowest BCUT2D eigenvalue weighted by molar-refractivity contribution is -0.118. The highest BCUT2D eigenvalue weighted by Crippen LogP contribution is 2.27. The highest BCUT2D eigenvalue weighted by atomic mass is 32.2. The Hall–Kier alpha value is -3.60. The van der Waals surface area contributed by atoms with E-state index in [2.05, 4.69) is 26.1 Å². The van der Waals surface area contributed by atoms with Crippen LogP contribution in [0, 0.1) is 0 Å². The van der Waals surface area contributed by atoms with E-state index in [1.54, 1.807) is 31.0 Å². The molecule has 0 unspecified atom stereocenters. The normalized spacial score (nSPS) is 10.8. The average Bonchev–Trinajstić information content (AvgIpc) is 3.27. The number of methoxy groups -OCH3 is 2. The minimum absolute atomic E-state index is 0.0977. The first kappa shape index (κ1) is 22.1. The van der Waals surface area contributed by atoms with Crippen LogP contribution in [0.15, 0.2) is 52.7 Å². The molecule has 0 radical (unpaired) electrons. The molecule has 0 bridgehead atoms. The molecule has 31 heavy (non-hydrogen) atoms. The molecule has 2 aromatic carbocycles. The summed E-state index contributed by atoms with van der Waals surface area (Å²) in [6.07, 6.45) is 1.53. The van der Waals surface area contributed by atoms with Crippen molar-refractivity contribution in [1.29, 1.82) is 0 Å². The summed E-state index contributed by atoms with van der Waals surface area (Å²) in [6, 6.07) is 12.7. The number of hydrogen-bond donors (Lipinski definition) is 1. The number of nitrogens with one attached hydrogen (secondary N) is 1. The number of ether oxygens (including phenoxy) is 3. The Balaban J connectivity index is 1.55. The number of carbonyl (C=O) groups excluding carboxylic acids is 1. The highest BCUT2D eigenvalue weighted by molar-refractivity contribution is 7.99. The maximum Gasteiger partial charge on any atom is 0.250 e. The van der Waals surface area contributed by atoms with E-state index < -0.39 is 0 Å². The third-order valence-corrected chi connectivity index (χ3v) is 4.90. The van der Waals surface area contributed by atoms with Crippen molar-refractivity contribution in [1.82, 2.24) is 25.6 Å². The third kappa shape index (κ3) is 5.95. The van der Waals surface area contributed by atoms with Gasteiger partial charge >= 0.3 is 0 Å². The maximum absolute atomic E-state index is 12.1. The number of benzene rings is 2. The van der Waals surface area contributed by atoms with Crippen LogP contribution in [0.1, 0.15) is 12.5 Å². The summed E-state index contributed by atoms with van der Waals surface area (Å²) >= 11 is 1.20. The van der Waals surface area contributed by atoms with Crippen molar-refractivity contribution in [2.75, 3.05) is 26.6 Å². The SMILES string of the molecule is CCOc1ccc(/C=N/NC(=O)CSc2nnnn2-c2ccc(OC)cc2)cc1OC. The first-order chi connectivity index (χ1) is 15.1.